The van der Waals surface area contributed by atoms with Crippen LogP contribution in [0.25, 0.3) is 22.0 Å². The normalized spacial score (nSPS) is 23.8. The minimum Gasteiger partial charge on any atom is -0.347 e. The van der Waals surface area contributed by atoms with Gasteiger partial charge in [0.25, 0.3) is 0 Å². The summed E-state index contributed by atoms with van der Waals surface area (Å²) in [6.07, 6.45) is 1.42. The first-order chi connectivity index (χ1) is 17.5. The Balaban J connectivity index is 1.17. The van der Waals surface area contributed by atoms with E-state index in [1.165, 1.54) is 38.8 Å². The second-order valence-electron chi connectivity index (χ2n) is 9.99. The molecule has 3 aliphatic carbocycles. The summed E-state index contributed by atoms with van der Waals surface area (Å²) in [6.45, 7) is 3.35. The highest BCUT2D eigenvalue weighted by molar-refractivity contribution is 9.10. The van der Waals surface area contributed by atoms with Crippen LogP contribution >= 0.6 is 27.3 Å². The van der Waals surface area contributed by atoms with E-state index < -0.39 is 5.79 Å². The lowest BCUT2D eigenvalue weighted by atomic mass is 9.58. The Morgan fingerprint density at radius 3 is 2.72 bits per heavy atom. The van der Waals surface area contributed by atoms with E-state index in [1.807, 2.05) is 5.38 Å². The molecule has 36 heavy (non-hydrogen) atoms. The van der Waals surface area contributed by atoms with Gasteiger partial charge in [-0.1, -0.05) is 58.4 Å². The van der Waals surface area contributed by atoms with Crippen molar-refractivity contribution in [2.24, 2.45) is 5.92 Å². The summed E-state index contributed by atoms with van der Waals surface area (Å²) >= 11 is 5.10. The van der Waals surface area contributed by atoms with Crippen molar-refractivity contribution in [1.29, 1.82) is 0 Å². The number of halogens is 1. The zero-order valence-corrected chi connectivity index (χ0v) is 22.2. The second kappa shape index (κ2) is 8.48. The molecule has 1 aromatic heterocycles. The molecule has 3 atom stereocenters. The van der Waals surface area contributed by atoms with Crippen molar-refractivity contribution in [2.45, 2.75) is 37.4 Å². The molecule has 4 aromatic rings. The number of thiazole rings is 1. The third-order valence-electron chi connectivity index (χ3n) is 8.10. The number of fused-ring (bicyclic) bond motifs is 2. The lowest BCUT2D eigenvalue weighted by Crippen LogP contribution is -2.52. The molecule has 3 aromatic carbocycles. The highest BCUT2D eigenvalue weighted by Gasteiger charge is 2.58. The first-order valence-electron chi connectivity index (χ1n) is 12.3. The van der Waals surface area contributed by atoms with Crippen molar-refractivity contribution in [3.8, 4) is 11.3 Å². The summed E-state index contributed by atoms with van der Waals surface area (Å²) < 4.78 is 13.4. The SMILES string of the molecule is Cc1ccc(-c2csc(NC(=O)C3CC4c5ccc(Br)cc5C3CC43OCCO3)n2)c2ccccc12. The molecule has 0 radical (unpaired) electrons. The quantitative estimate of drug-likeness (QED) is 0.293. The summed E-state index contributed by atoms with van der Waals surface area (Å²) in [5.41, 5.74) is 5.70. The Kier molecular flexibility index (Phi) is 5.33. The van der Waals surface area contributed by atoms with Gasteiger partial charge in [0.05, 0.1) is 18.9 Å². The van der Waals surface area contributed by atoms with E-state index in [-0.39, 0.29) is 23.7 Å². The van der Waals surface area contributed by atoms with Crippen LogP contribution in [0.15, 0.2) is 64.5 Å². The van der Waals surface area contributed by atoms with Crippen LogP contribution in [0.2, 0.25) is 0 Å². The molecule has 1 aliphatic heterocycles. The summed E-state index contributed by atoms with van der Waals surface area (Å²) in [5.74, 6) is -0.625. The maximum absolute atomic E-state index is 13.6. The average Bonchev–Trinajstić information content (AvgIpc) is 3.55. The van der Waals surface area contributed by atoms with Gasteiger partial charge in [0.2, 0.25) is 5.91 Å². The summed E-state index contributed by atoms with van der Waals surface area (Å²) in [7, 11) is 0. The molecular formula is C29H25BrN2O3S. The van der Waals surface area contributed by atoms with Crippen LogP contribution in [0, 0.1) is 12.8 Å². The number of rotatable bonds is 3. The highest BCUT2D eigenvalue weighted by atomic mass is 79.9. The first kappa shape index (κ1) is 22.6. The number of carbonyl (C=O) groups excluding carboxylic acids is 1. The largest absolute Gasteiger partial charge is 0.347 e. The van der Waals surface area contributed by atoms with Gasteiger partial charge in [-0.2, -0.15) is 0 Å². The van der Waals surface area contributed by atoms with Gasteiger partial charge in [-0.05, 0) is 52.9 Å². The van der Waals surface area contributed by atoms with Crippen molar-refractivity contribution in [1.82, 2.24) is 4.98 Å². The zero-order chi connectivity index (χ0) is 24.4. The number of carbonyl (C=O) groups is 1. The van der Waals surface area contributed by atoms with Gasteiger partial charge in [0.1, 0.15) is 0 Å². The summed E-state index contributed by atoms with van der Waals surface area (Å²) in [6, 6.07) is 19.0. The number of ether oxygens (including phenoxy) is 2. The van der Waals surface area contributed by atoms with E-state index in [2.05, 4.69) is 82.8 Å². The fraction of sp³-hybridized carbons (Fsp3) is 0.310. The van der Waals surface area contributed by atoms with Crippen molar-refractivity contribution >= 4 is 49.1 Å². The van der Waals surface area contributed by atoms with Crippen LogP contribution in [0.5, 0.6) is 0 Å². The average molecular weight is 562 g/mol. The van der Waals surface area contributed by atoms with Crippen LogP contribution in [-0.4, -0.2) is 29.9 Å². The molecule has 1 amide bonds. The zero-order valence-electron chi connectivity index (χ0n) is 19.8. The summed E-state index contributed by atoms with van der Waals surface area (Å²) in [5, 5.41) is 8.21. The van der Waals surface area contributed by atoms with Gasteiger partial charge >= 0.3 is 0 Å². The number of aryl methyl sites for hydroxylation is 1. The Bertz CT molecular complexity index is 1510. The molecule has 2 fully saturated rings. The van der Waals surface area contributed by atoms with Crippen molar-refractivity contribution in [3.63, 3.8) is 0 Å². The van der Waals surface area contributed by atoms with E-state index in [0.717, 1.165) is 15.7 Å². The topological polar surface area (TPSA) is 60.5 Å². The number of amides is 1. The Labute approximate surface area is 222 Å². The van der Waals surface area contributed by atoms with Gasteiger partial charge in [-0.15, -0.1) is 11.3 Å². The lowest BCUT2D eigenvalue weighted by molar-refractivity contribution is -0.207. The molecule has 4 aliphatic rings. The predicted molar refractivity (Wildman–Crippen MR) is 145 cm³/mol. The van der Waals surface area contributed by atoms with Crippen LogP contribution in [0.3, 0.4) is 0 Å². The molecule has 1 saturated carbocycles. The van der Waals surface area contributed by atoms with Gasteiger partial charge in [-0.3, -0.25) is 4.79 Å². The third kappa shape index (κ3) is 3.48. The van der Waals surface area contributed by atoms with Gasteiger partial charge in [0.15, 0.2) is 10.9 Å². The third-order valence-corrected chi connectivity index (χ3v) is 9.35. The monoisotopic (exact) mass is 560 g/mol. The number of hydrogen-bond donors (Lipinski definition) is 1. The molecule has 1 spiro atoms. The Hall–Kier alpha value is -2.58. The maximum atomic E-state index is 13.6. The highest BCUT2D eigenvalue weighted by Crippen LogP contribution is 2.60. The molecule has 182 valence electrons. The molecule has 8 rings (SSSR count). The van der Waals surface area contributed by atoms with Crippen LogP contribution in [0.1, 0.15) is 41.4 Å². The lowest BCUT2D eigenvalue weighted by Gasteiger charge is -2.51. The van der Waals surface area contributed by atoms with Crippen molar-refractivity contribution < 1.29 is 14.3 Å². The van der Waals surface area contributed by atoms with E-state index in [4.69, 9.17) is 14.5 Å². The maximum Gasteiger partial charge on any atom is 0.229 e. The van der Waals surface area contributed by atoms with Crippen LogP contribution in [-0.2, 0) is 14.3 Å². The number of nitrogens with zero attached hydrogens (tertiary/aromatic N) is 1. The van der Waals surface area contributed by atoms with E-state index >= 15 is 0 Å². The number of hydrogen-bond acceptors (Lipinski definition) is 5. The minimum atomic E-state index is -0.594. The summed E-state index contributed by atoms with van der Waals surface area (Å²) in [4.78, 5) is 18.4. The van der Waals surface area contributed by atoms with Crippen LogP contribution < -0.4 is 5.32 Å². The molecule has 3 unspecified atom stereocenters. The fourth-order valence-electron chi connectivity index (χ4n) is 6.47. The molecule has 7 heteroatoms. The predicted octanol–water partition coefficient (Wildman–Crippen LogP) is 7.01. The minimum absolute atomic E-state index is 0.0261. The second-order valence-corrected chi connectivity index (χ2v) is 11.8. The smallest absolute Gasteiger partial charge is 0.229 e. The Morgan fingerprint density at radius 2 is 1.89 bits per heavy atom. The number of benzene rings is 3. The standard InChI is InChI=1S/C29H25BrN2O3S/c1-16-6-8-21(19-5-3-2-4-18(16)19)26-15-36-28(31-26)32-27(33)23-13-25-20-9-7-17(30)12-22(20)24(23)14-29(25)34-10-11-35-29/h2-9,12,15,23-25H,10-11,13-14H2,1H3,(H,31,32,33). The molecular weight excluding hydrogens is 536 g/mol. The van der Waals surface area contributed by atoms with E-state index in [1.54, 1.807) is 0 Å². The molecule has 2 heterocycles. The number of aromatic nitrogens is 1. The van der Waals surface area contributed by atoms with Gasteiger partial charge < -0.3 is 14.8 Å². The van der Waals surface area contributed by atoms with Crippen molar-refractivity contribution in [2.75, 3.05) is 18.5 Å². The molecule has 1 N–H and O–H groups in total. The number of nitrogens with one attached hydrogen (secondary N) is 1. The molecule has 5 nitrogen and oxygen atoms in total. The number of anilines is 1. The molecule has 1 saturated heterocycles. The van der Waals surface area contributed by atoms with Gasteiger partial charge in [-0.25, -0.2) is 4.98 Å². The Morgan fingerprint density at radius 1 is 1.08 bits per heavy atom. The molecule has 2 bridgehead atoms. The van der Waals surface area contributed by atoms with Gasteiger partial charge in [0, 0.05) is 39.6 Å². The first-order valence-corrected chi connectivity index (χ1v) is 14.0. The fourth-order valence-corrected chi connectivity index (χ4v) is 7.56. The van der Waals surface area contributed by atoms with E-state index in [9.17, 15) is 4.79 Å². The van der Waals surface area contributed by atoms with Crippen LogP contribution in [0.4, 0.5) is 5.13 Å². The van der Waals surface area contributed by atoms with Crippen molar-refractivity contribution in [3.05, 3.63) is 81.1 Å². The van der Waals surface area contributed by atoms with E-state index in [0.29, 0.717) is 31.2 Å².